The molecule has 4 bridgehead atoms. The van der Waals surface area contributed by atoms with E-state index in [1.165, 1.54) is 0 Å². The Morgan fingerprint density at radius 2 is 1.78 bits per heavy atom. The summed E-state index contributed by atoms with van der Waals surface area (Å²) in [5.41, 5.74) is -2.73. The second-order valence-electron chi connectivity index (χ2n) is 9.18. The van der Waals surface area contributed by atoms with E-state index < -0.39 is 101 Å². The van der Waals surface area contributed by atoms with E-state index in [1.54, 1.807) is 0 Å². The average molecular weight is 595 g/mol. The number of alkyl halides is 6. The number of nitrogens with two attached hydrogens (primary N) is 1. The largest absolute Gasteiger partial charge is 0.494 e. The molecule has 0 radical (unpaired) electrons. The molecule has 222 valence electrons. The molecule has 1 amide bonds. The third kappa shape index (κ3) is 5.62. The molecule has 3 aromatic rings. The Bertz CT molecular complexity index is 1460. The molecular formula is C24H21F8N5O4. The lowest BCUT2D eigenvalue weighted by Crippen LogP contribution is -2.42. The topological polar surface area (TPSA) is 128 Å². The fourth-order valence-electron chi connectivity index (χ4n) is 4.25. The van der Waals surface area contributed by atoms with Crippen molar-refractivity contribution < 1.29 is 54.2 Å². The number of nitrogen functional groups attached to an aromatic ring is 1. The van der Waals surface area contributed by atoms with E-state index in [-0.39, 0.29) is 19.3 Å². The highest BCUT2D eigenvalue weighted by molar-refractivity contribution is 5.95. The minimum Gasteiger partial charge on any atom is -0.494 e. The van der Waals surface area contributed by atoms with Crippen LogP contribution in [-0.2, 0) is 18.3 Å². The van der Waals surface area contributed by atoms with Gasteiger partial charge in [-0.25, -0.2) is 9.37 Å². The molecule has 9 nitrogen and oxygen atoms in total. The molecular weight excluding hydrogens is 574 g/mol. The highest BCUT2D eigenvalue weighted by atomic mass is 19.4. The summed E-state index contributed by atoms with van der Waals surface area (Å²) in [4.78, 5) is 17.9. The zero-order valence-corrected chi connectivity index (χ0v) is 21.0. The van der Waals surface area contributed by atoms with Gasteiger partial charge in [0.25, 0.3) is 17.7 Å². The number of methoxy groups -OCH3 is 1. The molecule has 17 heteroatoms. The van der Waals surface area contributed by atoms with Gasteiger partial charge in [0.2, 0.25) is 11.4 Å². The van der Waals surface area contributed by atoms with Gasteiger partial charge in [0.1, 0.15) is 5.69 Å². The summed E-state index contributed by atoms with van der Waals surface area (Å²) in [6, 6.07) is 2.42. The SMILES string of the molecule is COc1ccc(CN2CCCCC[C@](O)(C(F)(F)F)c3nnc(o3)-c3nc(c(C(F)(F)F)cc3N)C2=O)c(F)c1F. The van der Waals surface area contributed by atoms with Gasteiger partial charge in [-0.1, -0.05) is 12.5 Å². The lowest BCUT2D eigenvalue weighted by molar-refractivity contribution is -0.277. The molecule has 4 rings (SSSR count). The van der Waals surface area contributed by atoms with E-state index in [0.29, 0.717) is 6.07 Å². The van der Waals surface area contributed by atoms with Crippen molar-refractivity contribution >= 4 is 11.6 Å². The van der Waals surface area contributed by atoms with Crippen molar-refractivity contribution in [1.82, 2.24) is 20.1 Å². The second-order valence-corrected chi connectivity index (χ2v) is 9.18. The smallest absolute Gasteiger partial charge is 0.426 e. The van der Waals surface area contributed by atoms with Crippen molar-refractivity contribution in [1.29, 1.82) is 0 Å². The third-order valence-corrected chi connectivity index (χ3v) is 6.47. The summed E-state index contributed by atoms with van der Waals surface area (Å²) >= 11 is 0. The molecule has 3 heterocycles. The van der Waals surface area contributed by atoms with E-state index in [2.05, 4.69) is 19.9 Å². The predicted octanol–water partition coefficient (Wildman–Crippen LogP) is 4.99. The first-order chi connectivity index (χ1) is 19.1. The molecule has 1 aliphatic rings. The van der Waals surface area contributed by atoms with Crippen molar-refractivity contribution in [3.8, 4) is 17.3 Å². The minimum absolute atomic E-state index is 0.0742. The van der Waals surface area contributed by atoms with Crippen LogP contribution in [0, 0.1) is 11.6 Å². The van der Waals surface area contributed by atoms with Crippen LogP contribution in [0.25, 0.3) is 11.6 Å². The predicted molar refractivity (Wildman–Crippen MR) is 123 cm³/mol. The summed E-state index contributed by atoms with van der Waals surface area (Å²) in [5.74, 6) is -6.83. The monoisotopic (exact) mass is 595 g/mol. The number of rotatable bonds is 3. The number of aromatic nitrogens is 3. The van der Waals surface area contributed by atoms with E-state index in [1.807, 2.05) is 0 Å². The summed E-state index contributed by atoms with van der Waals surface area (Å²) in [6.07, 6.45) is -11.9. The summed E-state index contributed by atoms with van der Waals surface area (Å²) in [7, 11) is 1.08. The molecule has 1 atom stereocenters. The number of halogens is 8. The Hall–Kier alpha value is -4.02. The molecule has 0 saturated carbocycles. The Labute approximate surface area is 225 Å². The number of benzene rings is 1. The van der Waals surface area contributed by atoms with Gasteiger partial charge >= 0.3 is 12.4 Å². The lowest BCUT2D eigenvalue weighted by atomic mass is 9.95. The van der Waals surface area contributed by atoms with Crippen LogP contribution in [0.4, 0.5) is 40.8 Å². The Morgan fingerprint density at radius 1 is 1.07 bits per heavy atom. The van der Waals surface area contributed by atoms with Crippen LogP contribution < -0.4 is 10.5 Å². The van der Waals surface area contributed by atoms with E-state index in [4.69, 9.17) is 10.2 Å². The van der Waals surface area contributed by atoms with Crippen LogP contribution >= 0.6 is 0 Å². The van der Waals surface area contributed by atoms with Gasteiger partial charge in [-0.3, -0.25) is 4.79 Å². The number of hydrogen-bond donors (Lipinski definition) is 2. The summed E-state index contributed by atoms with van der Waals surface area (Å²) in [6.45, 7) is -1.13. The Morgan fingerprint density at radius 3 is 2.41 bits per heavy atom. The van der Waals surface area contributed by atoms with Crippen LogP contribution in [0.1, 0.15) is 53.2 Å². The normalized spacial score (nSPS) is 18.8. The van der Waals surface area contributed by atoms with Gasteiger partial charge < -0.3 is 24.9 Å². The highest BCUT2D eigenvalue weighted by Gasteiger charge is 2.58. The molecule has 0 spiro atoms. The van der Waals surface area contributed by atoms with E-state index in [9.17, 15) is 45.0 Å². The number of ether oxygens (including phenoxy) is 1. The van der Waals surface area contributed by atoms with Gasteiger partial charge in [0.15, 0.2) is 17.3 Å². The fraction of sp³-hybridized carbons (Fsp3) is 0.417. The minimum atomic E-state index is -5.28. The van der Waals surface area contributed by atoms with Crippen molar-refractivity contribution in [2.24, 2.45) is 0 Å². The number of carbonyl (C=O) groups excluding carboxylic acids is 1. The highest BCUT2D eigenvalue weighted by Crippen LogP contribution is 2.44. The molecule has 41 heavy (non-hydrogen) atoms. The number of aliphatic hydroxyl groups is 1. The first-order valence-electron chi connectivity index (χ1n) is 11.9. The first-order valence-corrected chi connectivity index (χ1v) is 11.9. The van der Waals surface area contributed by atoms with Crippen LogP contribution in [0.5, 0.6) is 5.75 Å². The molecule has 1 aliphatic heterocycles. The number of hydrogen-bond acceptors (Lipinski definition) is 8. The molecule has 3 N–H and O–H groups in total. The van der Waals surface area contributed by atoms with E-state index in [0.717, 1.165) is 24.1 Å². The maximum absolute atomic E-state index is 14.7. The van der Waals surface area contributed by atoms with Gasteiger partial charge in [-0.15, -0.1) is 10.2 Å². The zero-order valence-electron chi connectivity index (χ0n) is 21.0. The molecule has 2 aromatic heterocycles. The number of pyridine rings is 1. The van der Waals surface area contributed by atoms with Gasteiger partial charge in [0, 0.05) is 18.7 Å². The molecule has 0 unspecified atom stereocenters. The lowest BCUT2D eigenvalue weighted by Gasteiger charge is -2.28. The van der Waals surface area contributed by atoms with Gasteiger partial charge in [-0.2, -0.15) is 30.7 Å². The first kappa shape index (κ1) is 30.0. The standard InChI is InChI=1S/C24H21F8N5O4/c1-40-14-6-5-11(15(25)16(14)26)10-37-8-4-2-3-7-22(39,24(30,31)32)21-36-35-19(41-21)18-13(33)9-12(23(27,28)29)17(34-18)20(37)38/h5-6,9,39H,2-4,7-8,10,33H2,1H3/t22-/m1/s1. The summed E-state index contributed by atoms with van der Waals surface area (Å²) < 4.78 is 122. The number of anilines is 1. The molecule has 0 fully saturated rings. The maximum atomic E-state index is 14.7. The van der Waals surface area contributed by atoms with Crippen molar-refractivity contribution in [2.75, 3.05) is 19.4 Å². The quantitative estimate of drug-likeness (QED) is 0.406. The molecule has 0 aliphatic carbocycles. The average Bonchev–Trinajstić information content (AvgIpc) is 3.38. The van der Waals surface area contributed by atoms with Gasteiger partial charge in [-0.05, 0) is 31.4 Å². The van der Waals surface area contributed by atoms with E-state index >= 15 is 0 Å². The zero-order chi connectivity index (χ0) is 30.3. The van der Waals surface area contributed by atoms with Crippen LogP contribution in [-0.4, -0.2) is 50.9 Å². The van der Waals surface area contributed by atoms with Crippen molar-refractivity contribution in [3.05, 3.63) is 52.5 Å². The molecule has 0 saturated heterocycles. The van der Waals surface area contributed by atoms with Gasteiger partial charge in [0.05, 0.1) is 18.4 Å². The fourth-order valence-corrected chi connectivity index (χ4v) is 4.25. The van der Waals surface area contributed by atoms with Crippen molar-refractivity contribution in [3.63, 3.8) is 0 Å². The van der Waals surface area contributed by atoms with Crippen LogP contribution in [0.3, 0.4) is 0 Å². The third-order valence-electron chi connectivity index (χ3n) is 6.47. The Kier molecular flexibility index (Phi) is 7.86. The van der Waals surface area contributed by atoms with Crippen LogP contribution in [0.15, 0.2) is 22.6 Å². The number of fused-ring (bicyclic) bond motifs is 5. The van der Waals surface area contributed by atoms with Crippen LogP contribution in [0.2, 0.25) is 0 Å². The van der Waals surface area contributed by atoms with Crippen molar-refractivity contribution in [2.45, 2.75) is 50.2 Å². The second kappa shape index (κ2) is 10.8. The number of nitrogens with zero attached hydrogens (tertiary/aromatic N) is 4. The molecule has 1 aromatic carbocycles. The number of amides is 1. The maximum Gasteiger partial charge on any atom is 0.426 e. The number of carbonyl (C=O) groups is 1. The summed E-state index contributed by atoms with van der Waals surface area (Å²) in [5, 5.41) is 17.1. The Balaban J connectivity index is 1.88.